The highest BCUT2D eigenvalue weighted by molar-refractivity contribution is 5.73. The first kappa shape index (κ1) is 9.03. The van der Waals surface area contributed by atoms with E-state index in [1.54, 1.807) is 0 Å². The van der Waals surface area contributed by atoms with Gasteiger partial charge in [0, 0.05) is 19.4 Å². The summed E-state index contributed by atoms with van der Waals surface area (Å²) < 4.78 is 0. The normalized spacial score (nSPS) is 27.4. The van der Waals surface area contributed by atoms with Crippen molar-refractivity contribution in [2.24, 2.45) is 5.92 Å². The lowest BCUT2D eigenvalue weighted by molar-refractivity contribution is -0.138. The van der Waals surface area contributed by atoms with Gasteiger partial charge in [-0.25, -0.2) is 0 Å². The van der Waals surface area contributed by atoms with Gasteiger partial charge in [0.25, 0.3) is 0 Å². The molecule has 4 nitrogen and oxygen atoms in total. The van der Waals surface area contributed by atoms with Crippen molar-refractivity contribution in [2.75, 3.05) is 0 Å². The standard InChI is InChI=1S/C8H13NO3/c1-5(10)9-7-2-6(3-7)4-8(11)12/h6-7H,2-4H2,1H3,(H,9,10)(H,11,12). The van der Waals surface area contributed by atoms with E-state index >= 15 is 0 Å². The van der Waals surface area contributed by atoms with Crippen LogP contribution < -0.4 is 5.32 Å². The summed E-state index contributed by atoms with van der Waals surface area (Å²) in [5, 5.41) is 11.2. The third-order valence-corrected chi connectivity index (χ3v) is 2.11. The highest BCUT2D eigenvalue weighted by Gasteiger charge is 2.30. The van der Waals surface area contributed by atoms with Gasteiger partial charge >= 0.3 is 5.97 Å². The van der Waals surface area contributed by atoms with Crippen molar-refractivity contribution in [1.29, 1.82) is 0 Å². The molecule has 0 bridgehead atoms. The molecular weight excluding hydrogens is 158 g/mol. The summed E-state index contributed by atoms with van der Waals surface area (Å²) in [6, 6.07) is 0.215. The van der Waals surface area contributed by atoms with E-state index in [0.717, 1.165) is 12.8 Å². The van der Waals surface area contributed by atoms with Crippen molar-refractivity contribution < 1.29 is 14.7 Å². The van der Waals surface area contributed by atoms with Crippen LogP contribution in [0.5, 0.6) is 0 Å². The molecule has 1 rings (SSSR count). The van der Waals surface area contributed by atoms with E-state index in [2.05, 4.69) is 5.32 Å². The van der Waals surface area contributed by atoms with Crippen molar-refractivity contribution in [3.05, 3.63) is 0 Å². The van der Waals surface area contributed by atoms with Crippen molar-refractivity contribution in [2.45, 2.75) is 32.2 Å². The molecule has 1 aliphatic rings. The van der Waals surface area contributed by atoms with Crippen molar-refractivity contribution >= 4 is 11.9 Å². The quantitative estimate of drug-likeness (QED) is 0.645. The molecule has 0 spiro atoms. The number of amides is 1. The van der Waals surface area contributed by atoms with Gasteiger partial charge in [-0.1, -0.05) is 0 Å². The number of carbonyl (C=O) groups is 2. The number of hydrogen-bond acceptors (Lipinski definition) is 2. The largest absolute Gasteiger partial charge is 0.481 e. The molecule has 0 unspecified atom stereocenters. The van der Waals surface area contributed by atoms with Gasteiger partial charge in [0.2, 0.25) is 5.91 Å². The predicted molar refractivity (Wildman–Crippen MR) is 42.6 cm³/mol. The molecular formula is C8H13NO3. The lowest BCUT2D eigenvalue weighted by Crippen LogP contribution is -2.43. The molecule has 68 valence electrons. The SMILES string of the molecule is CC(=O)NC1CC(CC(=O)O)C1. The molecule has 1 fully saturated rings. The monoisotopic (exact) mass is 171 g/mol. The van der Waals surface area contributed by atoms with E-state index in [4.69, 9.17) is 5.11 Å². The maximum absolute atomic E-state index is 10.5. The minimum absolute atomic E-state index is 0.0335. The Hall–Kier alpha value is -1.06. The first-order chi connectivity index (χ1) is 5.58. The lowest BCUT2D eigenvalue weighted by atomic mass is 9.78. The fourth-order valence-corrected chi connectivity index (χ4v) is 1.55. The molecule has 0 heterocycles. The summed E-state index contributed by atoms with van der Waals surface area (Å²) in [6.45, 7) is 1.48. The van der Waals surface area contributed by atoms with E-state index in [1.165, 1.54) is 6.92 Å². The Bertz CT molecular complexity index is 176. The van der Waals surface area contributed by atoms with Crippen molar-refractivity contribution in [3.8, 4) is 0 Å². The maximum atomic E-state index is 10.5. The van der Waals surface area contributed by atoms with Crippen LogP contribution >= 0.6 is 0 Å². The molecule has 12 heavy (non-hydrogen) atoms. The molecule has 1 amide bonds. The van der Waals surface area contributed by atoms with Crippen LogP contribution in [0.4, 0.5) is 0 Å². The Balaban J connectivity index is 2.11. The number of aliphatic carboxylic acids is 1. The van der Waals surface area contributed by atoms with Crippen LogP contribution in [0.3, 0.4) is 0 Å². The fourth-order valence-electron chi connectivity index (χ4n) is 1.55. The molecule has 0 aliphatic heterocycles. The van der Waals surface area contributed by atoms with Crippen LogP contribution in [0.2, 0.25) is 0 Å². The summed E-state index contributed by atoms with van der Waals surface area (Å²) in [5.41, 5.74) is 0. The second-order valence-corrected chi connectivity index (χ2v) is 3.33. The van der Waals surface area contributed by atoms with Crippen LogP contribution in [0.15, 0.2) is 0 Å². The minimum Gasteiger partial charge on any atom is -0.481 e. The molecule has 0 aromatic heterocycles. The van der Waals surface area contributed by atoms with E-state index < -0.39 is 5.97 Å². The first-order valence-corrected chi connectivity index (χ1v) is 4.07. The zero-order valence-electron chi connectivity index (χ0n) is 7.04. The summed E-state index contributed by atoms with van der Waals surface area (Å²) in [6.07, 6.45) is 1.86. The Labute approximate surface area is 71.0 Å². The van der Waals surface area contributed by atoms with Gasteiger partial charge in [0.05, 0.1) is 0 Å². The third kappa shape index (κ3) is 2.53. The van der Waals surface area contributed by atoms with Crippen molar-refractivity contribution in [3.63, 3.8) is 0 Å². The van der Waals surface area contributed by atoms with Crippen molar-refractivity contribution in [1.82, 2.24) is 5.32 Å². The summed E-state index contributed by atoms with van der Waals surface area (Å²) in [4.78, 5) is 20.8. The average molecular weight is 171 g/mol. The second-order valence-electron chi connectivity index (χ2n) is 3.33. The Kier molecular flexibility index (Phi) is 2.68. The first-order valence-electron chi connectivity index (χ1n) is 4.07. The van der Waals surface area contributed by atoms with Gasteiger partial charge in [0.1, 0.15) is 0 Å². The molecule has 1 saturated carbocycles. The van der Waals surface area contributed by atoms with Crippen LogP contribution in [-0.4, -0.2) is 23.0 Å². The lowest BCUT2D eigenvalue weighted by Gasteiger charge is -2.34. The van der Waals surface area contributed by atoms with E-state index in [-0.39, 0.29) is 24.3 Å². The molecule has 1 aliphatic carbocycles. The molecule has 0 saturated heterocycles. The molecule has 0 radical (unpaired) electrons. The van der Waals surface area contributed by atoms with E-state index in [0.29, 0.717) is 0 Å². The maximum Gasteiger partial charge on any atom is 0.303 e. The topological polar surface area (TPSA) is 66.4 Å². The molecule has 0 aromatic carbocycles. The van der Waals surface area contributed by atoms with Crippen LogP contribution in [0.1, 0.15) is 26.2 Å². The number of carbonyl (C=O) groups excluding carboxylic acids is 1. The molecule has 4 heteroatoms. The summed E-state index contributed by atoms with van der Waals surface area (Å²) in [7, 11) is 0. The van der Waals surface area contributed by atoms with Crippen LogP contribution in [0.25, 0.3) is 0 Å². The molecule has 0 atom stereocenters. The average Bonchev–Trinajstić information content (AvgIpc) is 1.80. The summed E-state index contributed by atoms with van der Waals surface area (Å²) >= 11 is 0. The highest BCUT2D eigenvalue weighted by Crippen LogP contribution is 2.29. The van der Waals surface area contributed by atoms with Gasteiger partial charge in [-0.15, -0.1) is 0 Å². The Morgan fingerprint density at radius 1 is 1.50 bits per heavy atom. The number of nitrogens with one attached hydrogen (secondary N) is 1. The zero-order chi connectivity index (χ0) is 9.14. The number of carboxylic acids is 1. The highest BCUT2D eigenvalue weighted by atomic mass is 16.4. The number of rotatable bonds is 3. The number of hydrogen-bond donors (Lipinski definition) is 2. The van der Waals surface area contributed by atoms with Gasteiger partial charge in [-0.3, -0.25) is 9.59 Å². The second kappa shape index (κ2) is 3.56. The van der Waals surface area contributed by atoms with Crippen LogP contribution in [0, 0.1) is 5.92 Å². The molecule has 0 aromatic rings. The van der Waals surface area contributed by atoms with Gasteiger partial charge < -0.3 is 10.4 Å². The fraction of sp³-hybridized carbons (Fsp3) is 0.750. The molecule has 2 N–H and O–H groups in total. The number of carboxylic acid groups (broad SMARTS) is 1. The van der Waals surface area contributed by atoms with Gasteiger partial charge in [0.15, 0.2) is 0 Å². The van der Waals surface area contributed by atoms with Gasteiger partial charge in [-0.2, -0.15) is 0 Å². The third-order valence-electron chi connectivity index (χ3n) is 2.11. The van der Waals surface area contributed by atoms with E-state index in [9.17, 15) is 9.59 Å². The Morgan fingerprint density at radius 3 is 2.50 bits per heavy atom. The minimum atomic E-state index is -0.749. The zero-order valence-corrected chi connectivity index (χ0v) is 7.04. The predicted octanol–water partition coefficient (Wildman–Crippen LogP) is 0.376. The van der Waals surface area contributed by atoms with E-state index in [1.807, 2.05) is 0 Å². The van der Waals surface area contributed by atoms with Gasteiger partial charge in [-0.05, 0) is 18.8 Å². The Morgan fingerprint density at radius 2 is 2.08 bits per heavy atom. The van der Waals surface area contributed by atoms with Crippen LogP contribution in [-0.2, 0) is 9.59 Å². The summed E-state index contributed by atoms with van der Waals surface area (Å²) in [5.74, 6) is -0.519. The smallest absolute Gasteiger partial charge is 0.303 e.